The monoisotopic (exact) mass is 260 g/mol. The molecular formula is C17H24O2. The largest absolute Gasteiger partial charge is 0.466 e. The fourth-order valence-corrected chi connectivity index (χ4v) is 3.32. The van der Waals surface area contributed by atoms with Crippen LogP contribution in [0.1, 0.15) is 54.9 Å². The molecule has 0 saturated heterocycles. The summed E-state index contributed by atoms with van der Waals surface area (Å²) in [6.45, 7) is 8.69. The molecule has 0 aliphatic heterocycles. The average Bonchev–Trinajstić information content (AvgIpc) is 2.42. The Morgan fingerprint density at radius 2 is 2.05 bits per heavy atom. The minimum atomic E-state index is -0.0544. The summed E-state index contributed by atoms with van der Waals surface area (Å²) in [4.78, 5) is 12.0. The standard InChI is InChI=1S/C17H24O2/c1-5-19-17(18)13(4)15-8-6-7-14-11(2)9-10-12(3)16(14)15/h9-10,13,15H,5-8H2,1-4H3/t13-,15-/m1/s1. The van der Waals surface area contributed by atoms with Crippen LogP contribution in [0.15, 0.2) is 12.1 Å². The number of hydrogen-bond donors (Lipinski definition) is 0. The van der Waals surface area contributed by atoms with Gasteiger partial charge in [-0.05, 0) is 68.2 Å². The lowest BCUT2D eigenvalue weighted by atomic mass is 9.73. The fraction of sp³-hybridized carbons (Fsp3) is 0.588. The van der Waals surface area contributed by atoms with Crippen LogP contribution < -0.4 is 0 Å². The molecule has 0 aromatic heterocycles. The van der Waals surface area contributed by atoms with Crippen molar-refractivity contribution in [1.29, 1.82) is 0 Å². The second-order valence-electron chi connectivity index (χ2n) is 5.63. The molecule has 19 heavy (non-hydrogen) atoms. The summed E-state index contributed by atoms with van der Waals surface area (Å²) >= 11 is 0. The van der Waals surface area contributed by atoms with Gasteiger partial charge in [-0.1, -0.05) is 19.1 Å². The molecule has 0 spiro atoms. The predicted molar refractivity (Wildman–Crippen MR) is 77.4 cm³/mol. The molecule has 1 aliphatic carbocycles. The third-order valence-electron chi connectivity index (χ3n) is 4.38. The SMILES string of the molecule is CCOC(=O)[C@H](C)[C@H]1CCCc2c(C)ccc(C)c21. The van der Waals surface area contributed by atoms with Gasteiger partial charge in [-0.2, -0.15) is 0 Å². The van der Waals surface area contributed by atoms with E-state index in [1.165, 1.54) is 28.7 Å². The number of fused-ring (bicyclic) bond motifs is 1. The van der Waals surface area contributed by atoms with Gasteiger partial charge in [-0.25, -0.2) is 0 Å². The van der Waals surface area contributed by atoms with Gasteiger partial charge < -0.3 is 4.74 Å². The van der Waals surface area contributed by atoms with Gasteiger partial charge in [0.25, 0.3) is 0 Å². The van der Waals surface area contributed by atoms with Gasteiger partial charge >= 0.3 is 5.97 Å². The molecule has 0 unspecified atom stereocenters. The number of rotatable bonds is 3. The highest BCUT2D eigenvalue weighted by Crippen LogP contribution is 2.40. The van der Waals surface area contributed by atoms with E-state index in [9.17, 15) is 4.79 Å². The summed E-state index contributed by atoms with van der Waals surface area (Å²) in [6, 6.07) is 4.38. The van der Waals surface area contributed by atoms with Gasteiger partial charge in [0.2, 0.25) is 0 Å². The topological polar surface area (TPSA) is 26.3 Å². The fourth-order valence-electron chi connectivity index (χ4n) is 3.32. The number of carbonyl (C=O) groups excluding carboxylic acids is 1. The van der Waals surface area contributed by atoms with Crippen LogP contribution in [-0.4, -0.2) is 12.6 Å². The smallest absolute Gasteiger partial charge is 0.309 e. The number of esters is 1. The van der Waals surface area contributed by atoms with Crippen molar-refractivity contribution in [3.05, 3.63) is 34.4 Å². The van der Waals surface area contributed by atoms with E-state index in [4.69, 9.17) is 4.74 Å². The van der Waals surface area contributed by atoms with Crippen molar-refractivity contribution in [3.63, 3.8) is 0 Å². The lowest BCUT2D eigenvalue weighted by Gasteiger charge is -2.31. The number of benzene rings is 1. The van der Waals surface area contributed by atoms with Crippen molar-refractivity contribution in [1.82, 2.24) is 0 Å². The second-order valence-corrected chi connectivity index (χ2v) is 5.63. The first-order valence-corrected chi connectivity index (χ1v) is 7.31. The minimum absolute atomic E-state index is 0.0421. The maximum Gasteiger partial charge on any atom is 0.309 e. The number of carbonyl (C=O) groups is 1. The summed E-state index contributed by atoms with van der Waals surface area (Å²) in [6.07, 6.45) is 3.41. The van der Waals surface area contributed by atoms with E-state index in [0.29, 0.717) is 12.5 Å². The molecule has 2 atom stereocenters. The zero-order chi connectivity index (χ0) is 14.0. The van der Waals surface area contributed by atoms with Crippen LogP contribution >= 0.6 is 0 Å². The van der Waals surface area contributed by atoms with Gasteiger partial charge in [0.1, 0.15) is 0 Å². The summed E-state index contributed by atoms with van der Waals surface area (Å²) in [5.41, 5.74) is 5.56. The first-order valence-electron chi connectivity index (χ1n) is 7.31. The molecule has 1 aromatic rings. The molecule has 1 aromatic carbocycles. The van der Waals surface area contributed by atoms with Crippen molar-refractivity contribution in [2.75, 3.05) is 6.61 Å². The lowest BCUT2D eigenvalue weighted by Crippen LogP contribution is -2.26. The highest BCUT2D eigenvalue weighted by Gasteiger charge is 2.31. The third-order valence-corrected chi connectivity index (χ3v) is 4.38. The van der Waals surface area contributed by atoms with Gasteiger partial charge in [-0.15, -0.1) is 0 Å². The van der Waals surface area contributed by atoms with Crippen molar-refractivity contribution in [3.8, 4) is 0 Å². The van der Waals surface area contributed by atoms with E-state index < -0.39 is 0 Å². The number of hydrogen-bond acceptors (Lipinski definition) is 2. The zero-order valence-electron chi connectivity index (χ0n) is 12.5. The maximum atomic E-state index is 12.0. The minimum Gasteiger partial charge on any atom is -0.466 e. The molecule has 0 fully saturated rings. The molecule has 2 rings (SSSR count). The first kappa shape index (κ1) is 14.1. The van der Waals surface area contributed by atoms with Crippen molar-refractivity contribution >= 4 is 5.97 Å². The molecule has 104 valence electrons. The summed E-state index contributed by atoms with van der Waals surface area (Å²) in [5.74, 6) is 0.225. The van der Waals surface area contributed by atoms with E-state index in [2.05, 4.69) is 26.0 Å². The molecule has 1 aliphatic rings. The van der Waals surface area contributed by atoms with Crippen molar-refractivity contribution in [2.45, 2.75) is 52.9 Å². The van der Waals surface area contributed by atoms with Crippen LogP contribution in [0.5, 0.6) is 0 Å². The zero-order valence-corrected chi connectivity index (χ0v) is 12.5. The van der Waals surface area contributed by atoms with E-state index in [0.717, 1.165) is 12.8 Å². The van der Waals surface area contributed by atoms with Crippen molar-refractivity contribution in [2.24, 2.45) is 5.92 Å². The van der Waals surface area contributed by atoms with Crippen LogP contribution in [0.2, 0.25) is 0 Å². The predicted octanol–water partition coefficient (Wildman–Crippen LogP) is 3.92. The molecular weight excluding hydrogens is 236 g/mol. The molecule has 2 nitrogen and oxygen atoms in total. The third kappa shape index (κ3) is 2.68. The molecule has 0 heterocycles. The maximum absolute atomic E-state index is 12.0. The quantitative estimate of drug-likeness (QED) is 0.770. The number of ether oxygens (including phenoxy) is 1. The van der Waals surface area contributed by atoms with Gasteiger partial charge in [0.15, 0.2) is 0 Å². The van der Waals surface area contributed by atoms with Crippen LogP contribution in [-0.2, 0) is 16.0 Å². The van der Waals surface area contributed by atoms with E-state index >= 15 is 0 Å². The Labute approximate surface area is 116 Å². The van der Waals surface area contributed by atoms with Crippen LogP contribution in [0, 0.1) is 19.8 Å². The Morgan fingerprint density at radius 3 is 2.74 bits per heavy atom. The van der Waals surface area contributed by atoms with Crippen LogP contribution in [0.4, 0.5) is 0 Å². The molecule has 2 heteroatoms. The molecule has 0 radical (unpaired) electrons. The lowest BCUT2D eigenvalue weighted by molar-refractivity contribution is -0.148. The number of aryl methyl sites for hydroxylation is 2. The molecule has 0 N–H and O–H groups in total. The van der Waals surface area contributed by atoms with Gasteiger partial charge in [0.05, 0.1) is 12.5 Å². The van der Waals surface area contributed by atoms with E-state index in [1.807, 2.05) is 13.8 Å². The van der Waals surface area contributed by atoms with E-state index in [-0.39, 0.29) is 11.9 Å². The Bertz CT molecular complexity index is 476. The average molecular weight is 260 g/mol. The van der Waals surface area contributed by atoms with Gasteiger partial charge in [0, 0.05) is 0 Å². The van der Waals surface area contributed by atoms with Crippen LogP contribution in [0.3, 0.4) is 0 Å². The Morgan fingerprint density at radius 1 is 1.37 bits per heavy atom. The molecule has 0 saturated carbocycles. The molecule has 0 bridgehead atoms. The molecule has 0 amide bonds. The normalized spacial score (nSPS) is 19.7. The first-order chi connectivity index (χ1) is 9.06. The van der Waals surface area contributed by atoms with Gasteiger partial charge in [-0.3, -0.25) is 4.79 Å². The highest BCUT2D eigenvalue weighted by molar-refractivity contribution is 5.73. The second kappa shape index (κ2) is 5.77. The summed E-state index contributed by atoms with van der Waals surface area (Å²) in [5, 5.41) is 0. The van der Waals surface area contributed by atoms with E-state index in [1.54, 1.807) is 0 Å². The Hall–Kier alpha value is -1.31. The Kier molecular flexibility index (Phi) is 4.28. The summed E-state index contributed by atoms with van der Waals surface area (Å²) < 4.78 is 5.20. The highest BCUT2D eigenvalue weighted by atomic mass is 16.5. The summed E-state index contributed by atoms with van der Waals surface area (Å²) in [7, 11) is 0. The Balaban J connectivity index is 2.37. The van der Waals surface area contributed by atoms with Crippen LogP contribution in [0.25, 0.3) is 0 Å². The van der Waals surface area contributed by atoms with Crippen molar-refractivity contribution < 1.29 is 9.53 Å².